The van der Waals surface area contributed by atoms with Gasteiger partial charge < -0.3 is 4.42 Å². The fraction of sp³-hybridized carbons (Fsp3) is 0.143. The van der Waals surface area contributed by atoms with Crippen LogP contribution in [0.1, 0.15) is 25.0 Å². The Labute approximate surface area is 153 Å². The van der Waals surface area contributed by atoms with Crippen LogP contribution in [-0.4, -0.2) is 0 Å². The zero-order valence-electron chi connectivity index (χ0n) is 13.3. The molecule has 3 heteroatoms. The molecule has 0 atom stereocenters. The van der Waals surface area contributed by atoms with Crippen molar-refractivity contribution in [2.75, 3.05) is 0 Å². The first-order valence-electron chi connectivity index (χ1n) is 7.93. The van der Waals surface area contributed by atoms with E-state index in [0.717, 1.165) is 31.4 Å². The molecular weight excluding hydrogens is 384 g/mol. The van der Waals surface area contributed by atoms with Crippen LogP contribution in [0.2, 0.25) is 5.02 Å². The molecule has 0 radical (unpaired) electrons. The van der Waals surface area contributed by atoms with Crippen LogP contribution in [0.15, 0.2) is 57.4 Å². The summed E-state index contributed by atoms with van der Waals surface area (Å²) in [5.41, 5.74) is 6.76. The standard InChI is InChI=1S/C21H14BrClO/c1-21(2)15-9-8-13-12-4-3-5-17(22)19(12)24-20(13)18(15)14-7-6-11(23)10-16(14)21/h3-10H,1-2H3. The Morgan fingerprint density at radius 2 is 1.71 bits per heavy atom. The van der Waals surface area contributed by atoms with Crippen molar-refractivity contribution < 1.29 is 4.42 Å². The molecular formula is C21H14BrClO. The number of benzene rings is 3. The monoisotopic (exact) mass is 396 g/mol. The quantitative estimate of drug-likeness (QED) is 0.303. The number of para-hydroxylation sites is 1. The normalized spacial score (nSPS) is 15.0. The predicted molar refractivity (Wildman–Crippen MR) is 104 cm³/mol. The second-order valence-corrected chi connectivity index (χ2v) is 8.19. The predicted octanol–water partition coefficient (Wildman–Crippen LogP) is 7.31. The van der Waals surface area contributed by atoms with Crippen LogP contribution in [0.5, 0.6) is 0 Å². The van der Waals surface area contributed by atoms with E-state index in [1.54, 1.807) is 0 Å². The van der Waals surface area contributed by atoms with Gasteiger partial charge in [0.25, 0.3) is 0 Å². The van der Waals surface area contributed by atoms with Crippen molar-refractivity contribution >= 4 is 49.5 Å². The third kappa shape index (κ3) is 1.71. The topological polar surface area (TPSA) is 13.1 Å². The molecule has 0 amide bonds. The van der Waals surface area contributed by atoms with Gasteiger partial charge in [0.1, 0.15) is 11.2 Å². The van der Waals surface area contributed by atoms with E-state index in [9.17, 15) is 0 Å². The second-order valence-electron chi connectivity index (χ2n) is 6.90. The zero-order valence-corrected chi connectivity index (χ0v) is 15.6. The van der Waals surface area contributed by atoms with Crippen molar-refractivity contribution in [1.29, 1.82) is 0 Å². The minimum atomic E-state index is -0.0834. The smallest absolute Gasteiger partial charge is 0.149 e. The van der Waals surface area contributed by atoms with Gasteiger partial charge in [0.2, 0.25) is 0 Å². The average Bonchev–Trinajstić information content (AvgIpc) is 3.03. The van der Waals surface area contributed by atoms with Gasteiger partial charge in [-0.25, -0.2) is 0 Å². The molecule has 0 saturated carbocycles. The first-order chi connectivity index (χ1) is 11.5. The van der Waals surface area contributed by atoms with Crippen LogP contribution in [-0.2, 0) is 5.41 Å². The first-order valence-corrected chi connectivity index (χ1v) is 9.10. The highest BCUT2D eigenvalue weighted by atomic mass is 79.9. The molecule has 24 heavy (non-hydrogen) atoms. The Kier molecular flexibility index (Phi) is 2.82. The van der Waals surface area contributed by atoms with Gasteiger partial charge in [-0.3, -0.25) is 0 Å². The molecule has 0 unspecified atom stereocenters. The van der Waals surface area contributed by atoms with Crippen molar-refractivity contribution in [3.05, 3.63) is 69.2 Å². The minimum absolute atomic E-state index is 0.0834. The number of furan rings is 1. The zero-order chi connectivity index (χ0) is 16.6. The summed E-state index contributed by atoms with van der Waals surface area (Å²) in [5.74, 6) is 0. The highest BCUT2D eigenvalue weighted by Crippen LogP contribution is 2.53. The first kappa shape index (κ1) is 14.6. The van der Waals surface area contributed by atoms with E-state index in [1.807, 2.05) is 18.2 Å². The molecule has 0 fully saturated rings. The second kappa shape index (κ2) is 4.65. The lowest BCUT2D eigenvalue weighted by Crippen LogP contribution is -2.14. The van der Waals surface area contributed by atoms with E-state index in [0.29, 0.717) is 0 Å². The summed E-state index contributed by atoms with van der Waals surface area (Å²) in [6.45, 7) is 4.50. The fourth-order valence-corrected chi connectivity index (χ4v) is 4.63. The number of hydrogen-bond donors (Lipinski definition) is 0. The van der Waals surface area contributed by atoms with Crippen LogP contribution in [0.25, 0.3) is 33.1 Å². The van der Waals surface area contributed by atoms with E-state index in [4.69, 9.17) is 16.0 Å². The summed E-state index contributed by atoms with van der Waals surface area (Å²) < 4.78 is 7.31. The number of rotatable bonds is 0. The molecule has 0 N–H and O–H groups in total. The molecule has 0 aliphatic heterocycles. The van der Waals surface area contributed by atoms with E-state index >= 15 is 0 Å². The Balaban J connectivity index is 1.99. The van der Waals surface area contributed by atoms with E-state index in [-0.39, 0.29) is 5.41 Å². The third-order valence-corrected chi connectivity index (χ3v) is 6.08. The largest absolute Gasteiger partial charge is 0.454 e. The molecule has 5 rings (SSSR count). The lowest BCUT2D eigenvalue weighted by atomic mass is 9.82. The van der Waals surface area contributed by atoms with Gasteiger partial charge in [-0.2, -0.15) is 0 Å². The van der Waals surface area contributed by atoms with Crippen molar-refractivity contribution in [2.45, 2.75) is 19.3 Å². The van der Waals surface area contributed by atoms with Gasteiger partial charge in [-0.1, -0.05) is 55.8 Å². The molecule has 1 nitrogen and oxygen atoms in total. The highest BCUT2D eigenvalue weighted by Gasteiger charge is 2.37. The molecule has 118 valence electrons. The molecule has 1 aliphatic rings. The maximum Gasteiger partial charge on any atom is 0.149 e. The van der Waals surface area contributed by atoms with Crippen molar-refractivity contribution in [3.63, 3.8) is 0 Å². The Morgan fingerprint density at radius 3 is 2.54 bits per heavy atom. The lowest BCUT2D eigenvalue weighted by molar-refractivity contribution is 0.652. The van der Waals surface area contributed by atoms with Crippen LogP contribution in [0, 0.1) is 0 Å². The Hall–Kier alpha value is -1.77. The molecule has 0 spiro atoms. The molecule has 3 aromatic carbocycles. The van der Waals surface area contributed by atoms with Crippen molar-refractivity contribution in [3.8, 4) is 11.1 Å². The molecule has 1 aromatic heterocycles. The summed E-state index contributed by atoms with van der Waals surface area (Å²) in [4.78, 5) is 0. The van der Waals surface area contributed by atoms with Crippen LogP contribution in [0.3, 0.4) is 0 Å². The fourth-order valence-electron chi connectivity index (χ4n) is 4.01. The Morgan fingerprint density at radius 1 is 0.917 bits per heavy atom. The van der Waals surface area contributed by atoms with Gasteiger partial charge in [0.15, 0.2) is 0 Å². The third-order valence-electron chi connectivity index (χ3n) is 5.22. The van der Waals surface area contributed by atoms with Crippen LogP contribution in [0.4, 0.5) is 0 Å². The van der Waals surface area contributed by atoms with Gasteiger partial charge in [0, 0.05) is 26.8 Å². The molecule has 4 aromatic rings. The number of fused-ring (bicyclic) bond motifs is 7. The van der Waals surface area contributed by atoms with Crippen molar-refractivity contribution in [2.24, 2.45) is 0 Å². The molecule has 1 aliphatic carbocycles. The Bertz CT molecular complexity index is 1150. The average molecular weight is 398 g/mol. The van der Waals surface area contributed by atoms with Crippen LogP contribution >= 0.6 is 27.5 Å². The minimum Gasteiger partial charge on any atom is -0.454 e. The van der Waals surface area contributed by atoms with Crippen molar-refractivity contribution in [1.82, 2.24) is 0 Å². The van der Waals surface area contributed by atoms with Gasteiger partial charge in [-0.05, 0) is 50.8 Å². The van der Waals surface area contributed by atoms with Gasteiger partial charge in [-0.15, -0.1) is 0 Å². The summed E-state index contributed by atoms with van der Waals surface area (Å²) in [5, 5.41) is 3.07. The maximum absolute atomic E-state index is 6.33. The molecule has 0 saturated heterocycles. The summed E-state index contributed by atoms with van der Waals surface area (Å²) in [7, 11) is 0. The molecule has 0 bridgehead atoms. The van der Waals surface area contributed by atoms with Crippen LogP contribution < -0.4 is 0 Å². The molecule has 1 heterocycles. The van der Waals surface area contributed by atoms with E-state index in [1.165, 1.54) is 22.3 Å². The van der Waals surface area contributed by atoms with Gasteiger partial charge >= 0.3 is 0 Å². The maximum atomic E-state index is 6.33. The van der Waals surface area contributed by atoms with Gasteiger partial charge in [0.05, 0.1) is 4.47 Å². The number of hydrogen-bond acceptors (Lipinski definition) is 1. The summed E-state index contributed by atoms with van der Waals surface area (Å²) >= 11 is 9.88. The van der Waals surface area contributed by atoms with E-state index < -0.39 is 0 Å². The SMILES string of the molecule is CC1(C)c2cc(Cl)ccc2-c2c1ccc1c2oc2c(Br)cccc21. The lowest BCUT2D eigenvalue weighted by Gasteiger charge is -2.21. The summed E-state index contributed by atoms with van der Waals surface area (Å²) in [6, 6.07) is 16.8. The summed E-state index contributed by atoms with van der Waals surface area (Å²) in [6.07, 6.45) is 0. The van der Waals surface area contributed by atoms with E-state index in [2.05, 4.69) is 60.1 Å². The highest BCUT2D eigenvalue weighted by molar-refractivity contribution is 9.10. The number of halogens is 2.